The number of rotatable bonds is 12. The van der Waals surface area contributed by atoms with Crippen LogP contribution in [0.15, 0.2) is 390 Å². The Morgan fingerprint density at radius 3 is 1.01 bits per heavy atom. The first-order valence-corrected chi connectivity index (χ1v) is 45.1. The topological polar surface area (TPSA) is 65.0 Å². The molecule has 0 radical (unpaired) electrons. The number of aromatic nitrogens is 4. The molecule has 13 nitrogen and oxygen atoms in total. The smallest absolute Gasteiger partial charge is 0.282 e. The number of benzene rings is 12. The average molecular weight is 1700 g/mol. The third-order valence-corrected chi connectivity index (χ3v) is 28.7. The summed E-state index contributed by atoms with van der Waals surface area (Å²) in [6.45, 7) is 4.98. The van der Waals surface area contributed by atoms with Gasteiger partial charge in [0.2, 0.25) is 0 Å². The molecule has 2 saturated heterocycles. The van der Waals surface area contributed by atoms with Crippen LogP contribution in [0.2, 0.25) is 0 Å². The van der Waals surface area contributed by atoms with Crippen LogP contribution in [0.25, 0.3) is 90.7 Å². The highest BCUT2D eigenvalue weighted by Crippen LogP contribution is 2.50. The van der Waals surface area contributed by atoms with E-state index in [1.807, 2.05) is 47.0 Å². The van der Waals surface area contributed by atoms with Crippen LogP contribution in [0, 0.1) is 0 Å². The maximum absolute atomic E-state index is 5.67. The van der Waals surface area contributed by atoms with Gasteiger partial charge in [-0.2, -0.15) is 14.2 Å². The van der Waals surface area contributed by atoms with Crippen molar-refractivity contribution in [2.24, 2.45) is 10.1 Å². The predicted octanol–water partition coefficient (Wildman–Crippen LogP) is 19.5. The van der Waals surface area contributed by atoms with Gasteiger partial charge in [0, 0.05) is 106 Å². The number of halogens is 1. The SMILES string of the molecule is CN1C(=Cc2cc(N3CCC(N=c4cc(/C=C5/Sc6ccccc6N5C)c5ccccc5n4-c4ccccc4)CC3)[n+](-c3ccccc3)c3ccccc23)Sc2ccccc21.CN1C(=Cc2cc(N3CCN(/N=c4\cc(/C=C5/Sc6ccccc6N5C)c5ccccc5n4-c4ccccc4)CC3)[n+](-c3ccccc3)c3ccccc23)Sc2ccccc21.[Cl-]. The normalized spacial score (nSPS) is 16.7. The van der Waals surface area contributed by atoms with Crippen LogP contribution in [0.3, 0.4) is 0 Å². The second-order valence-corrected chi connectivity index (χ2v) is 35.7. The molecule has 4 aromatic heterocycles. The number of nitrogens with zero attached hydrogens (tertiary/aromatic N) is 13. The van der Waals surface area contributed by atoms with Gasteiger partial charge in [-0.15, -0.1) is 0 Å². The standard InChI is InChI=1S/C53H45N6S2.C52H44N7S2.ClH/c1-55-46-25-13-15-27-48(46)60-52(55)35-37-33-50(58(40-17-5-3-6-18-40)44-23-11-9-21-42(37)44)54-39-29-31-57(32-30-39)51-34-38(36-53-56(2)47-26-14-16-28-49(47)61-53)43-22-10-12-24-45(43)59(51)41-19-7-4-8-20-41;1-54-45-25-13-15-27-47(45)60-51(54)35-37-33-49(58(39-17-5-3-6-18-39)43-23-11-9-21-41(37)43)53-57-31-29-56(30-32-57)50-34-38(36-52-55(2)46-26-14-16-28-48(46)61-52)42-22-10-12-24-44(42)59(50)40-19-7-4-8-20-40;/h3-28,33-36,39H,29-32H2,1-2H3;3-28,33-36H,29-32H2,1-2H3;1H/q2*+1;/p-1/b52-35+,54-50?;51-35+,53-49+;. The minimum atomic E-state index is 0. The second kappa shape index (κ2) is 34.2. The second-order valence-electron chi connectivity index (χ2n) is 31.4. The monoisotopic (exact) mass is 1690 g/mol. The molecule has 0 amide bonds. The van der Waals surface area contributed by atoms with Crippen LogP contribution in [0.4, 0.5) is 34.4 Å². The molecular formula is C105H89ClN13S4+. The van der Waals surface area contributed by atoms with E-state index in [4.69, 9.17) is 10.1 Å². The van der Waals surface area contributed by atoms with Crippen molar-refractivity contribution in [1.29, 1.82) is 0 Å². The van der Waals surface area contributed by atoms with Gasteiger partial charge >= 0.3 is 0 Å². The molecule has 0 bridgehead atoms. The van der Waals surface area contributed by atoms with E-state index in [0.717, 1.165) is 102 Å². The van der Waals surface area contributed by atoms with Gasteiger partial charge in [-0.1, -0.05) is 241 Å². The van der Waals surface area contributed by atoms with Crippen molar-refractivity contribution in [3.8, 4) is 22.7 Å². The number of piperidine rings is 1. The lowest BCUT2D eigenvalue weighted by molar-refractivity contribution is -0.554. The zero-order valence-electron chi connectivity index (χ0n) is 68.7. The minimum absolute atomic E-state index is 0. The number of para-hydroxylation sites is 12. The fourth-order valence-corrected chi connectivity index (χ4v) is 22.3. The Kier molecular flexibility index (Phi) is 21.9. The van der Waals surface area contributed by atoms with E-state index in [1.165, 1.54) is 123 Å². The molecule has 22 rings (SSSR count). The lowest BCUT2D eigenvalue weighted by Crippen LogP contribution is -3.00. The van der Waals surface area contributed by atoms with E-state index in [1.54, 1.807) is 0 Å². The Morgan fingerprint density at radius 1 is 0.309 bits per heavy atom. The summed E-state index contributed by atoms with van der Waals surface area (Å²) >= 11 is 7.33. The Balaban J connectivity index is 0.000000155. The van der Waals surface area contributed by atoms with Crippen molar-refractivity contribution >= 4 is 149 Å². The highest BCUT2D eigenvalue weighted by Gasteiger charge is 2.34. The molecule has 123 heavy (non-hydrogen) atoms. The fraction of sp³-hybridized carbons (Fsp3) is 0.124. The Hall–Kier alpha value is -12.9. The molecule has 0 N–H and O–H groups in total. The van der Waals surface area contributed by atoms with Crippen molar-refractivity contribution < 1.29 is 21.5 Å². The molecular weight excluding hydrogens is 1610 g/mol. The van der Waals surface area contributed by atoms with E-state index in [9.17, 15) is 0 Å². The van der Waals surface area contributed by atoms with Crippen LogP contribution < -0.4 is 61.9 Å². The van der Waals surface area contributed by atoms with Gasteiger partial charge < -0.3 is 32.0 Å². The minimum Gasteiger partial charge on any atom is -1.00 e. The number of anilines is 6. The largest absolute Gasteiger partial charge is 1.00 e. The van der Waals surface area contributed by atoms with Gasteiger partial charge in [-0.05, 0) is 180 Å². The highest BCUT2D eigenvalue weighted by atomic mass is 35.5. The third-order valence-electron chi connectivity index (χ3n) is 24.1. The van der Waals surface area contributed by atoms with Crippen LogP contribution in [0.5, 0.6) is 0 Å². The first-order chi connectivity index (χ1) is 60.1. The summed E-state index contributed by atoms with van der Waals surface area (Å²) in [5.41, 5.74) is 20.8. The summed E-state index contributed by atoms with van der Waals surface area (Å²) in [5.74, 6) is 2.38. The van der Waals surface area contributed by atoms with Gasteiger partial charge in [0.25, 0.3) is 11.6 Å². The molecule has 10 heterocycles. The lowest BCUT2D eigenvalue weighted by atomic mass is 10.0. The molecule has 0 unspecified atom stereocenters. The first-order valence-electron chi connectivity index (χ1n) is 41.8. The van der Waals surface area contributed by atoms with E-state index >= 15 is 0 Å². The molecule has 0 spiro atoms. The Morgan fingerprint density at radius 2 is 0.618 bits per heavy atom. The fourth-order valence-electron chi connectivity index (χ4n) is 17.9. The highest BCUT2D eigenvalue weighted by molar-refractivity contribution is 8.04. The zero-order valence-corrected chi connectivity index (χ0v) is 72.7. The number of fused-ring (bicyclic) bond motifs is 8. The molecule has 604 valence electrons. The molecule has 6 aliphatic rings. The molecule has 6 aliphatic heterocycles. The van der Waals surface area contributed by atoms with Crippen LogP contribution in [0.1, 0.15) is 35.1 Å². The van der Waals surface area contributed by atoms with Crippen molar-refractivity contribution in [3.63, 3.8) is 0 Å². The van der Waals surface area contributed by atoms with Crippen molar-refractivity contribution in [2.75, 3.05) is 96.9 Å². The first kappa shape index (κ1) is 78.7. The number of thioether (sulfide) groups is 4. The van der Waals surface area contributed by atoms with Crippen molar-refractivity contribution in [3.05, 3.63) is 393 Å². The summed E-state index contributed by atoms with van der Waals surface area (Å²) in [5, 5.41) is 17.5. The summed E-state index contributed by atoms with van der Waals surface area (Å²) in [7, 11) is 8.68. The molecule has 2 fully saturated rings. The Labute approximate surface area is 740 Å². The number of hydrogen-bond donors (Lipinski definition) is 0. The zero-order chi connectivity index (χ0) is 81.7. The molecule has 0 aliphatic carbocycles. The molecule has 0 atom stereocenters. The summed E-state index contributed by atoms with van der Waals surface area (Å²) in [6.07, 6.45) is 11.3. The van der Waals surface area contributed by atoms with Crippen molar-refractivity contribution in [1.82, 2.24) is 14.1 Å². The summed E-state index contributed by atoms with van der Waals surface area (Å²) in [6, 6.07) is 122. The lowest BCUT2D eigenvalue weighted by Gasteiger charge is -2.30. The van der Waals surface area contributed by atoms with E-state index < -0.39 is 0 Å². The van der Waals surface area contributed by atoms with Crippen LogP contribution in [-0.4, -0.2) is 87.6 Å². The average Bonchev–Trinajstić information content (AvgIpc) is 1.68. The van der Waals surface area contributed by atoms with Crippen LogP contribution >= 0.6 is 47.0 Å². The summed E-state index contributed by atoms with van der Waals surface area (Å²) < 4.78 is 9.56. The predicted molar refractivity (Wildman–Crippen MR) is 512 cm³/mol. The van der Waals surface area contributed by atoms with Gasteiger partial charge in [-0.3, -0.25) is 28.9 Å². The van der Waals surface area contributed by atoms with Gasteiger partial charge in [-0.25, -0.2) is 0 Å². The molecule has 0 saturated carbocycles. The van der Waals surface area contributed by atoms with Crippen LogP contribution in [-0.2, 0) is 0 Å². The van der Waals surface area contributed by atoms with Gasteiger partial charge in [0.05, 0.1) is 86.1 Å². The maximum Gasteiger partial charge on any atom is 0.282 e. The molecule has 18 heteroatoms. The van der Waals surface area contributed by atoms with E-state index in [0.29, 0.717) is 0 Å². The summed E-state index contributed by atoms with van der Waals surface area (Å²) in [4.78, 5) is 25.2. The van der Waals surface area contributed by atoms with Gasteiger partial charge in [0.15, 0.2) is 5.49 Å². The molecule has 16 aromatic rings. The van der Waals surface area contributed by atoms with E-state index in [-0.39, 0.29) is 18.4 Å². The molecule has 12 aromatic carbocycles. The number of piperazine rings is 1. The van der Waals surface area contributed by atoms with Gasteiger partial charge in [0.1, 0.15) is 41.0 Å². The van der Waals surface area contributed by atoms with E-state index in [2.05, 4.69) is 445 Å². The number of hydrogen-bond acceptors (Lipinski definition) is 13. The Bertz CT molecular complexity index is 6620. The quantitative estimate of drug-likeness (QED) is 0.110. The number of pyridine rings is 4. The maximum atomic E-state index is 5.67. The van der Waals surface area contributed by atoms with Crippen molar-refractivity contribution in [2.45, 2.75) is 38.5 Å². The third kappa shape index (κ3) is 15.2.